The van der Waals surface area contributed by atoms with Crippen molar-refractivity contribution in [3.63, 3.8) is 0 Å². The molecule has 1 saturated carbocycles. The summed E-state index contributed by atoms with van der Waals surface area (Å²) in [5.41, 5.74) is -1.68. The fourth-order valence-electron chi connectivity index (χ4n) is 2.16. The molecule has 0 saturated heterocycles. The van der Waals surface area contributed by atoms with Gasteiger partial charge in [-0.05, 0) is 18.9 Å². The summed E-state index contributed by atoms with van der Waals surface area (Å²) >= 11 is 5.64. The molecule has 21 heavy (non-hydrogen) atoms. The van der Waals surface area contributed by atoms with Crippen LogP contribution in [0.4, 0.5) is 5.69 Å². The minimum Gasteiger partial charge on any atom is -0.481 e. The van der Waals surface area contributed by atoms with E-state index in [4.69, 9.17) is 16.7 Å². The lowest BCUT2D eigenvalue weighted by atomic mass is 9.69. The lowest BCUT2D eigenvalue weighted by Gasteiger charge is -2.37. The molecule has 1 aromatic rings. The molecule has 1 aliphatic rings. The number of carbonyl (C=O) groups excluding carboxylic acids is 1. The lowest BCUT2D eigenvalue weighted by molar-refractivity contribution is -0.385. The Morgan fingerprint density at radius 3 is 2.67 bits per heavy atom. The van der Waals surface area contributed by atoms with Crippen molar-refractivity contribution in [3.05, 3.63) is 33.1 Å². The number of aliphatic carboxylic acids is 1. The fourth-order valence-corrected chi connectivity index (χ4v) is 2.32. The van der Waals surface area contributed by atoms with Crippen molar-refractivity contribution < 1.29 is 19.6 Å². The highest BCUT2D eigenvalue weighted by atomic mass is 35.5. The number of hydrogen-bond donors (Lipinski definition) is 2. The largest absolute Gasteiger partial charge is 0.481 e. The van der Waals surface area contributed by atoms with Crippen LogP contribution in [0.3, 0.4) is 0 Å². The third kappa shape index (κ3) is 2.94. The van der Waals surface area contributed by atoms with Crippen LogP contribution in [0.15, 0.2) is 12.3 Å². The summed E-state index contributed by atoms with van der Waals surface area (Å²) in [7, 11) is 0. The molecular weight excluding hydrogens is 302 g/mol. The Kier molecular flexibility index (Phi) is 4.08. The molecule has 1 heterocycles. The van der Waals surface area contributed by atoms with E-state index in [-0.39, 0.29) is 17.3 Å². The standard InChI is InChI=1S/C12H12ClN3O5/c13-9-4-7(8(5-14-9)16(20)21)10(17)15-6-12(11(18)19)2-1-3-12/h4-5H,1-3,6H2,(H,15,17)(H,18,19). The Hall–Kier alpha value is -2.22. The molecule has 0 atom stereocenters. The van der Waals surface area contributed by atoms with E-state index in [1.165, 1.54) is 0 Å². The Morgan fingerprint density at radius 2 is 2.19 bits per heavy atom. The van der Waals surface area contributed by atoms with Gasteiger partial charge in [-0.25, -0.2) is 4.98 Å². The summed E-state index contributed by atoms with van der Waals surface area (Å²) in [6, 6.07) is 1.09. The summed E-state index contributed by atoms with van der Waals surface area (Å²) in [5.74, 6) is -1.71. The van der Waals surface area contributed by atoms with Crippen molar-refractivity contribution in [1.29, 1.82) is 0 Å². The Labute approximate surface area is 124 Å². The van der Waals surface area contributed by atoms with E-state index in [0.717, 1.165) is 18.7 Å². The molecule has 8 nitrogen and oxygen atoms in total. The number of carbonyl (C=O) groups is 2. The van der Waals surface area contributed by atoms with Gasteiger partial charge in [-0.3, -0.25) is 19.7 Å². The van der Waals surface area contributed by atoms with E-state index in [1.54, 1.807) is 0 Å². The molecule has 0 unspecified atom stereocenters. The van der Waals surface area contributed by atoms with Gasteiger partial charge >= 0.3 is 5.97 Å². The van der Waals surface area contributed by atoms with Crippen molar-refractivity contribution in [2.75, 3.05) is 6.54 Å². The monoisotopic (exact) mass is 313 g/mol. The third-order valence-electron chi connectivity index (χ3n) is 3.64. The zero-order valence-electron chi connectivity index (χ0n) is 10.8. The topological polar surface area (TPSA) is 122 Å². The smallest absolute Gasteiger partial charge is 0.311 e. The number of amides is 1. The molecule has 0 bridgehead atoms. The second-order valence-electron chi connectivity index (χ2n) is 4.90. The number of rotatable bonds is 5. The van der Waals surface area contributed by atoms with E-state index >= 15 is 0 Å². The highest BCUT2D eigenvalue weighted by Gasteiger charge is 2.44. The van der Waals surface area contributed by atoms with Gasteiger partial charge in [0.1, 0.15) is 16.9 Å². The summed E-state index contributed by atoms with van der Waals surface area (Å²) in [6.45, 7) is -0.0712. The van der Waals surface area contributed by atoms with Crippen LogP contribution < -0.4 is 5.32 Å². The maximum Gasteiger partial charge on any atom is 0.311 e. The SMILES string of the molecule is O=C(NCC1(C(=O)O)CCC1)c1cc(Cl)ncc1[N+](=O)[O-]. The first-order valence-electron chi connectivity index (χ1n) is 6.17. The second-order valence-corrected chi connectivity index (χ2v) is 5.29. The number of nitrogens with one attached hydrogen (secondary N) is 1. The van der Waals surface area contributed by atoms with Crippen LogP contribution in [-0.2, 0) is 4.79 Å². The van der Waals surface area contributed by atoms with Crippen molar-refractivity contribution in [1.82, 2.24) is 10.3 Å². The maximum absolute atomic E-state index is 12.0. The van der Waals surface area contributed by atoms with Gasteiger partial charge in [0.2, 0.25) is 0 Å². The number of pyridine rings is 1. The number of carboxylic acid groups (broad SMARTS) is 1. The van der Waals surface area contributed by atoms with Crippen molar-refractivity contribution in [3.8, 4) is 0 Å². The molecule has 0 radical (unpaired) electrons. The summed E-state index contributed by atoms with van der Waals surface area (Å²) in [4.78, 5) is 36.9. The van der Waals surface area contributed by atoms with Crippen molar-refractivity contribution >= 4 is 29.2 Å². The normalized spacial score (nSPS) is 15.9. The van der Waals surface area contributed by atoms with Crippen molar-refractivity contribution in [2.24, 2.45) is 5.41 Å². The van der Waals surface area contributed by atoms with E-state index in [0.29, 0.717) is 12.8 Å². The minimum absolute atomic E-state index is 0.0534. The first kappa shape index (κ1) is 15.2. The second kappa shape index (κ2) is 5.65. The molecule has 1 fully saturated rings. The average molecular weight is 314 g/mol. The molecule has 1 aliphatic carbocycles. The van der Waals surface area contributed by atoms with E-state index in [2.05, 4.69) is 10.3 Å². The molecule has 0 aliphatic heterocycles. The number of nitrogens with zero attached hydrogens (tertiary/aromatic N) is 2. The van der Waals surface area contributed by atoms with Gasteiger partial charge in [0.15, 0.2) is 0 Å². The first-order valence-corrected chi connectivity index (χ1v) is 6.55. The molecule has 1 amide bonds. The van der Waals surface area contributed by atoms with Gasteiger partial charge in [-0.2, -0.15) is 0 Å². The molecule has 9 heteroatoms. The van der Waals surface area contributed by atoms with Crippen LogP contribution in [-0.4, -0.2) is 33.4 Å². The van der Waals surface area contributed by atoms with Crippen LogP contribution in [0.2, 0.25) is 5.15 Å². The molecule has 112 valence electrons. The fraction of sp³-hybridized carbons (Fsp3) is 0.417. The Morgan fingerprint density at radius 1 is 1.52 bits per heavy atom. The third-order valence-corrected chi connectivity index (χ3v) is 3.85. The van der Waals surface area contributed by atoms with Crippen LogP contribution in [0.1, 0.15) is 29.6 Å². The zero-order chi connectivity index (χ0) is 15.6. The molecule has 1 aromatic heterocycles. The molecular formula is C12H12ClN3O5. The zero-order valence-corrected chi connectivity index (χ0v) is 11.6. The summed E-state index contributed by atoms with van der Waals surface area (Å²) < 4.78 is 0. The van der Waals surface area contributed by atoms with E-state index < -0.39 is 27.9 Å². The first-order chi connectivity index (χ1) is 9.85. The molecule has 0 aromatic carbocycles. The maximum atomic E-state index is 12.0. The van der Waals surface area contributed by atoms with Gasteiger partial charge in [-0.1, -0.05) is 18.0 Å². The predicted molar refractivity (Wildman–Crippen MR) is 72.2 cm³/mol. The highest BCUT2D eigenvalue weighted by Crippen LogP contribution is 2.40. The number of halogens is 1. The molecule has 2 rings (SSSR count). The number of hydrogen-bond acceptors (Lipinski definition) is 5. The van der Waals surface area contributed by atoms with Crippen LogP contribution in [0.5, 0.6) is 0 Å². The predicted octanol–water partition coefficient (Wildman–Crippen LogP) is 1.63. The summed E-state index contributed by atoms with van der Waals surface area (Å²) in [5, 5.41) is 22.4. The Balaban J connectivity index is 2.15. The van der Waals surface area contributed by atoms with E-state index in [1.807, 2.05) is 0 Å². The van der Waals surface area contributed by atoms with Crippen LogP contribution >= 0.6 is 11.6 Å². The number of nitro groups is 1. The lowest BCUT2D eigenvalue weighted by Crippen LogP contribution is -2.47. The average Bonchev–Trinajstić information content (AvgIpc) is 2.36. The van der Waals surface area contributed by atoms with Gasteiger partial charge in [0, 0.05) is 6.54 Å². The van der Waals surface area contributed by atoms with E-state index in [9.17, 15) is 19.7 Å². The van der Waals surface area contributed by atoms with Gasteiger partial charge in [0.05, 0.1) is 10.3 Å². The number of aromatic nitrogens is 1. The highest BCUT2D eigenvalue weighted by molar-refractivity contribution is 6.29. The molecule has 0 spiro atoms. The Bertz CT molecular complexity index is 615. The minimum atomic E-state index is -0.976. The number of carboxylic acids is 1. The summed E-state index contributed by atoms with van der Waals surface area (Å²) in [6.07, 6.45) is 2.63. The van der Waals surface area contributed by atoms with Gasteiger partial charge < -0.3 is 10.4 Å². The molecule has 2 N–H and O–H groups in total. The van der Waals surface area contributed by atoms with Gasteiger partial charge in [-0.15, -0.1) is 0 Å². The van der Waals surface area contributed by atoms with Crippen molar-refractivity contribution in [2.45, 2.75) is 19.3 Å². The van der Waals surface area contributed by atoms with Crippen LogP contribution in [0, 0.1) is 15.5 Å². The quantitative estimate of drug-likeness (QED) is 0.484. The van der Waals surface area contributed by atoms with Gasteiger partial charge in [0.25, 0.3) is 11.6 Å². The van der Waals surface area contributed by atoms with Crippen LogP contribution in [0.25, 0.3) is 0 Å².